The van der Waals surface area contributed by atoms with Gasteiger partial charge < -0.3 is 9.47 Å². The first kappa shape index (κ1) is 15.3. The zero-order valence-electron chi connectivity index (χ0n) is 11.4. The fourth-order valence-corrected chi connectivity index (χ4v) is 2.24. The van der Waals surface area contributed by atoms with Gasteiger partial charge in [-0.1, -0.05) is 18.2 Å². The molecular formula is C15H15BrN2O3. The van der Waals surface area contributed by atoms with Crippen LogP contribution in [-0.2, 0) is 6.61 Å². The highest BCUT2D eigenvalue weighted by Gasteiger charge is 2.09. The van der Waals surface area contributed by atoms with Crippen molar-refractivity contribution in [3.8, 4) is 11.5 Å². The molecule has 0 heterocycles. The number of carbonyl (C=O) groups excluding carboxylic acids is 1. The predicted molar refractivity (Wildman–Crippen MR) is 83.1 cm³/mol. The number of halogens is 1. The summed E-state index contributed by atoms with van der Waals surface area (Å²) in [5, 5.41) is 0. The number of rotatable bonds is 5. The summed E-state index contributed by atoms with van der Waals surface area (Å²) in [6.45, 7) is 0.365. The minimum Gasteiger partial charge on any atom is -0.493 e. The van der Waals surface area contributed by atoms with E-state index in [1.54, 1.807) is 19.2 Å². The average molecular weight is 351 g/mol. The number of hydrogen-bond acceptors (Lipinski definition) is 4. The van der Waals surface area contributed by atoms with Crippen LogP contribution in [0.4, 0.5) is 0 Å². The molecule has 6 heteroatoms. The molecule has 0 radical (unpaired) electrons. The first-order valence-electron chi connectivity index (χ1n) is 6.21. The molecule has 0 unspecified atom stereocenters. The molecule has 0 aliphatic heterocycles. The van der Waals surface area contributed by atoms with Gasteiger partial charge in [0, 0.05) is 5.56 Å². The lowest BCUT2D eigenvalue weighted by Crippen LogP contribution is -2.29. The molecule has 1 amide bonds. The number of benzene rings is 2. The maximum absolute atomic E-state index is 11.3. The van der Waals surface area contributed by atoms with Crippen molar-refractivity contribution >= 4 is 21.8 Å². The first-order chi connectivity index (χ1) is 10.2. The van der Waals surface area contributed by atoms with Gasteiger partial charge in [0.25, 0.3) is 5.91 Å². The van der Waals surface area contributed by atoms with E-state index in [9.17, 15) is 4.79 Å². The molecular weight excluding hydrogens is 336 g/mol. The highest BCUT2D eigenvalue weighted by atomic mass is 79.9. The van der Waals surface area contributed by atoms with Gasteiger partial charge in [0.15, 0.2) is 11.5 Å². The molecule has 110 valence electrons. The summed E-state index contributed by atoms with van der Waals surface area (Å²) < 4.78 is 11.9. The van der Waals surface area contributed by atoms with E-state index < -0.39 is 0 Å². The second kappa shape index (κ2) is 7.10. The third kappa shape index (κ3) is 3.74. The molecule has 0 aliphatic carbocycles. The topological polar surface area (TPSA) is 73.6 Å². The Morgan fingerprint density at radius 1 is 1.24 bits per heavy atom. The van der Waals surface area contributed by atoms with E-state index in [1.165, 1.54) is 0 Å². The molecule has 5 nitrogen and oxygen atoms in total. The molecule has 0 bridgehead atoms. The van der Waals surface area contributed by atoms with Crippen LogP contribution in [0.2, 0.25) is 0 Å². The van der Waals surface area contributed by atoms with E-state index in [0.29, 0.717) is 23.7 Å². The number of nitrogens with two attached hydrogens (primary N) is 1. The van der Waals surface area contributed by atoms with Gasteiger partial charge in [0.05, 0.1) is 11.6 Å². The number of nitrogen functional groups attached to an aromatic ring is 1. The van der Waals surface area contributed by atoms with E-state index in [-0.39, 0.29) is 5.91 Å². The van der Waals surface area contributed by atoms with Crippen LogP contribution in [0.3, 0.4) is 0 Å². The molecule has 0 atom stereocenters. The summed E-state index contributed by atoms with van der Waals surface area (Å²) in [5.41, 5.74) is 3.52. The Morgan fingerprint density at radius 3 is 2.57 bits per heavy atom. The van der Waals surface area contributed by atoms with Crippen molar-refractivity contribution < 1.29 is 14.3 Å². The molecule has 0 saturated carbocycles. The van der Waals surface area contributed by atoms with Crippen LogP contribution in [0.15, 0.2) is 46.9 Å². The summed E-state index contributed by atoms with van der Waals surface area (Å²) in [6, 6.07) is 12.6. The largest absolute Gasteiger partial charge is 0.493 e. The fourth-order valence-electron chi connectivity index (χ4n) is 1.78. The van der Waals surface area contributed by atoms with Gasteiger partial charge in [0.2, 0.25) is 0 Å². The van der Waals surface area contributed by atoms with Crippen molar-refractivity contribution in [2.75, 3.05) is 7.11 Å². The molecule has 0 aliphatic rings. The summed E-state index contributed by atoms with van der Waals surface area (Å²) in [5.74, 6) is 6.06. The number of para-hydroxylation sites is 1. The molecule has 2 aromatic carbocycles. The highest BCUT2D eigenvalue weighted by Crippen LogP contribution is 2.35. The number of amides is 1. The molecule has 0 spiro atoms. The lowest BCUT2D eigenvalue weighted by Gasteiger charge is -2.12. The first-order valence-corrected chi connectivity index (χ1v) is 7.00. The summed E-state index contributed by atoms with van der Waals surface area (Å²) in [7, 11) is 1.59. The molecule has 0 saturated heterocycles. The second-order valence-electron chi connectivity index (χ2n) is 4.23. The Morgan fingerprint density at radius 2 is 1.95 bits per heavy atom. The monoisotopic (exact) mass is 350 g/mol. The van der Waals surface area contributed by atoms with Crippen molar-refractivity contribution in [2.24, 2.45) is 5.84 Å². The number of hydrogen-bond donors (Lipinski definition) is 2. The van der Waals surface area contributed by atoms with Crippen molar-refractivity contribution in [1.82, 2.24) is 5.43 Å². The van der Waals surface area contributed by atoms with Gasteiger partial charge in [0.1, 0.15) is 6.61 Å². The van der Waals surface area contributed by atoms with Crippen molar-refractivity contribution in [3.05, 3.63) is 58.1 Å². The normalized spacial score (nSPS) is 10.0. The number of nitrogens with one attached hydrogen (secondary N) is 1. The minimum absolute atomic E-state index is 0.324. The Kier molecular flexibility index (Phi) is 5.19. The molecule has 3 N–H and O–H groups in total. The SMILES string of the molecule is COc1cccc(Br)c1OCc1ccc(C(=O)NN)cc1. The second-order valence-corrected chi connectivity index (χ2v) is 5.08. The van der Waals surface area contributed by atoms with Crippen molar-refractivity contribution in [3.63, 3.8) is 0 Å². The fraction of sp³-hybridized carbons (Fsp3) is 0.133. The van der Waals surface area contributed by atoms with Crippen LogP contribution in [-0.4, -0.2) is 13.0 Å². The smallest absolute Gasteiger partial charge is 0.265 e. The van der Waals surface area contributed by atoms with Crippen LogP contribution in [0.1, 0.15) is 15.9 Å². The van der Waals surface area contributed by atoms with Crippen LogP contribution in [0.5, 0.6) is 11.5 Å². The van der Waals surface area contributed by atoms with E-state index in [2.05, 4.69) is 21.4 Å². The molecule has 2 aromatic rings. The van der Waals surface area contributed by atoms with Crippen LogP contribution in [0.25, 0.3) is 0 Å². The van der Waals surface area contributed by atoms with Gasteiger partial charge in [-0.3, -0.25) is 10.2 Å². The van der Waals surface area contributed by atoms with Gasteiger partial charge in [-0.05, 0) is 45.8 Å². The van der Waals surface area contributed by atoms with E-state index >= 15 is 0 Å². The van der Waals surface area contributed by atoms with Gasteiger partial charge in [-0.15, -0.1) is 0 Å². The zero-order chi connectivity index (χ0) is 15.2. The van der Waals surface area contributed by atoms with Gasteiger partial charge in [-0.25, -0.2) is 5.84 Å². The standard InChI is InChI=1S/C15H15BrN2O3/c1-20-13-4-2-3-12(16)14(13)21-9-10-5-7-11(8-6-10)15(19)18-17/h2-8H,9,17H2,1H3,(H,18,19). The lowest BCUT2D eigenvalue weighted by atomic mass is 10.1. The molecule has 0 aromatic heterocycles. The maximum Gasteiger partial charge on any atom is 0.265 e. The Labute approximate surface area is 131 Å². The maximum atomic E-state index is 11.3. The lowest BCUT2D eigenvalue weighted by molar-refractivity contribution is 0.0953. The van der Waals surface area contributed by atoms with E-state index in [1.807, 2.05) is 30.3 Å². The minimum atomic E-state index is -0.324. The number of ether oxygens (including phenoxy) is 2. The van der Waals surface area contributed by atoms with Crippen molar-refractivity contribution in [2.45, 2.75) is 6.61 Å². The van der Waals surface area contributed by atoms with Crippen LogP contribution in [0, 0.1) is 0 Å². The summed E-state index contributed by atoms with van der Waals surface area (Å²) >= 11 is 3.43. The zero-order valence-corrected chi connectivity index (χ0v) is 13.0. The quantitative estimate of drug-likeness (QED) is 0.493. The predicted octanol–water partition coefficient (Wildman–Crippen LogP) is 2.64. The molecule has 0 fully saturated rings. The van der Waals surface area contributed by atoms with Crippen LogP contribution < -0.4 is 20.7 Å². The number of hydrazine groups is 1. The van der Waals surface area contributed by atoms with E-state index in [4.69, 9.17) is 15.3 Å². The van der Waals surface area contributed by atoms with E-state index in [0.717, 1.165) is 10.0 Å². The van der Waals surface area contributed by atoms with Gasteiger partial charge in [-0.2, -0.15) is 0 Å². The van der Waals surface area contributed by atoms with Gasteiger partial charge >= 0.3 is 0 Å². The third-order valence-electron chi connectivity index (χ3n) is 2.88. The Hall–Kier alpha value is -2.05. The Balaban J connectivity index is 2.08. The molecule has 21 heavy (non-hydrogen) atoms. The van der Waals surface area contributed by atoms with Crippen molar-refractivity contribution in [1.29, 1.82) is 0 Å². The number of carbonyl (C=O) groups is 1. The highest BCUT2D eigenvalue weighted by molar-refractivity contribution is 9.10. The summed E-state index contributed by atoms with van der Waals surface area (Å²) in [6.07, 6.45) is 0. The average Bonchev–Trinajstić information content (AvgIpc) is 2.53. The Bertz CT molecular complexity index is 629. The van der Waals surface area contributed by atoms with Crippen LogP contribution >= 0.6 is 15.9 Å². The molecule has 2 rings (SSSR count). The summed E-state index contributed by atoms with van der Waals surface area (Å²) in [4.78, 5) is 11.3. The third-order valence-corrected chi connectivity index (χ3v) is 3.51. The number of methoxy groups -OCH3 is 1.